The molecule has 0 saturated carbocycles. The van der Waals surface area contributed by atoms with Gasteiger partial charge < -0.3 is 9.80 Å². The van der Waals surface area contributed by atoms with Crippen molar-refractivity contribution in [1.82, 2.24) is 4.98 Å². The zero-order valence-corrected chi connectivity index (χ0v) is 11.7. The van der Waals surface area contributed by atoms with Gasteiger partial charge in [0.15, 0.2) is 0 Å². The van der Waals surface area contributed by atoms with Crippen molar-refractivity contribution in [2.75, 3.05) is 36.0 Å². The second-order valence-corrected chi connectivity index (χ2v) is 5.18. The van der Waals surface area contributed by atoms with E-state index in [-0.39, 0.29) is 5.82 Å². The molecule has 3 rings (SSSR count). The number of nitrogens with zero attached hydrogens (tertiary/aromatic N) is 3. The molecule has 1 fully saturated rings. The monoisotopic (exact) mass is 291 g/mol. The molecule has 3 nitrogen and oxygen atoms in total. The van der Waals surface area contributed by atoms with Crippen molar-refractivity contribution < 1.29 is 4.39 Å². The minimum Gasteiger partial charge on any atom is -0.368 e. The molecule has 1 aliphatic rings. The first-order chi connectivity index (χ1) is 9.72. The van der Waals surface area contributed by atoms with Gasteiger partial charge in [0.1, 0.15) is 11.0 Å². The van der Waals surface area contributed by atoms with Gasteiger partial charge in [-0.1, -0.05) is 11.6 Å². The molecular weight excluding hydrogens is 277 g/mol. The van der Waals surface area contributed by atoms with Gasteiger partial charge in [-0.05, 0) is 36.4 Å². The molecule has 0 unspecified atom stereocenters. The van der Waals surface area contributed by atoms with E-state index in [4.69, 9.17) is 11.6 Å². The van der Waals surface area contributed by atoms with E-state index in [9.17, 15) is 4.39 Å². The average Bonchev–Trinajstić information content (AvgIpc) is 2.49. The van der Waals surface area contributed by atoms with E-state index in [1.807, 2.05) is 24.3 Å². The molecule has 20 heavy (non-hydrogen) atoms. The molecule has 5 heteroatoms. The summed E-state index contributed by atoms with van der Waals surface area (Å²) in [4.78, 5) is 8.65. The SMILES string of the molecule is Fc1ccc(N2CCN(c3ccc(Cl)nc3)CC2)cc1. The number of hydrogen-bond acceptors (Lipinski definition) is 3. The summed E-state index contributed by atoms with van der Waals surface area (Å²) in [5, 5.41) is 0.513. The second-order valence-electron chi connectivity index (χ2n) is 4.79. The van der Waals surface area contributed by atoms with Gasteiger partial charge in [-0.25, -0.2) is 9.37 Å². The average molecular weight is 292 g/mol. The van der Waals surface area contributed by atoms with Gasteiger partial charge >= 0.3 is 0 Å². The van der Waals surface area contributed by atoms with E-state index in [1.165, 1.54) is 12.1 Å². The van der Waals surface area contributed by atoms with Crippen molar-refractivity contribution in [3.63, 3.8) is 0 Å². The van der Waals surface area contributed by atoms with Crippen LogP contribution in [0.5, 0.6) is 0 Å². The van der Waals surface area contributed by atoms with Crippen molar-refractivity contribution in [2.45, 2.75) is 0 Å². The number of hydrogen-bond donors (Lipinski definition) is 0. The molecule has 0 atom stereocenters. The number of anilines is 2. The fourth-order valence-corrected chi connectivity index (χ4v) is 2.54. The zero-order valence-electron chi connectivity index (χ0n) is 11.0. The van der Waals surface area contributed by atoms with Crippen LogP contribution in [0.4, 0.5) is 15.8 Å². The second kappa shape index (κ2) is 5.67. The van der Waals surface area contributed by atoms with Gasteiger partial charge in [-0.2, -0.15) is 0 Å². The molecule has 0 spiro atoms. The molecule has 2 heterocycles. The van der Waals surface area contributed by atoms with Crippen molar-refractivity contribution in [1.29, 1.82) is 0 Å². The minimum atomic E-state index is -0.195. The highest BCUT2D eigenvalue weighted by atomic mass is 35.5. The van der Waals surface area contributed by atoms with E-state index in [0.717, 1.165) is 37.6 Å². The summed E-state index contributed by atoms with van der Waals surface area (Å²) < 4.78 is 12.9. The maximum absolute atomic E-state index is 12.9. The van der Waals surface area contributed by atoms with Crippen LogP contribution in [0.2, 0.25) is 5.15 Å². The molecule has 0 radical (unpaired) electrons. The first-order valence-corrected chi connectivity index (χ1v) is 6.97. The zero-order chi connectivity index (χ0) is 13.9. The quantitative estimate of drug-likeness (QED) is 0.792. The number of rotatable bonds is 2. The lowest BCUT2D eigenvalue weighted by Crippen LogP contribution is -2.46. The predicted octanol–water partition coefficient (Wildman–Crippen LogP) is 3.20. The Labute approximate surface area is 122 Å². The summed E-state index contributed by atoms with van der Waals surface area (Å²) in [6, 6.07) is 10.5. The van der Waals surface area contributed by atoms with Crippen LogP contribution < -0.4 is 9.80 Å². The third kappa shape index (κ3) is 2.85. The highest BCUT2D eigenvalue weighted by molar-refractivity contribution is 6.29. The van der Waals surface area contributed by atoms with Gasteiger partial charge in [0.25, 0.3) is 0 Å². The number of halogens is 2. The summed E-state index contributed by atoms with van der Waals surface area (Å²) >= 11 is 5.80. The van der Waals surface area contributed by atoms with E-state index in [1.54, 1.807) is 6.20 Å². The largest absolute Gasteiger partial charge is 0.368 e. The van der Waals surface area contributed by atoms with Crippen LogP contribution in [0.1, 0.15) is 0 Å². The Bertz CT molecular complexity index is 509. The summed E-state index contributed by atoms with van der Waals surface area (Å²) in [6.45, 7) is 3.66. The highest BCUT2D eigenvalue weighted by Crippen LogP contribution is 2.21. The van der Waals surface area contributed by atoms with Crippen LogP contribution in [-0.2, 0) is 0 Å². The molecule has 2 aromatic rings. The van der Waals surface area contributed by atoms with E-state index in [2.05, 4.69) is 14.8 Å². The lowest BCUT2D eigenvalue weighted by Gasteiger charge is -2.37. The Balaban J connectivity index is 1.64. The maximum atomic E-state index is 12.9. The summed E-state index contributed by atoms with van der Waals surface area (Å²) in [6.07, 6.45) is 1.80. The van der Waals surface area contributed by atoms with Crippen molar-refractivity contribution in [3.05, 3.63) is 53.6 Å². The topological polar surface area (TPSA) is 19.4 Å². The number of aromatic nitrogens is 1. The first-order valence-electron chi connectivity index (χ1n) is 6.59. The molecule has 0 amide bonds. The van der Waals surface area contributed by atoms with Gasteiger partial charge in [0.05, 0.1) is 11.9 Å². The third-order valence-electron chi connectivity index (χ3n) is 3.55. The molecular formula is C15H15ClFN3. The molecule has 0 N–H and O–H groups in total. The minimum absolute atomic E-state index is 0.195. The number of benzene rings is 1. The fraction of sp³-hybridized carbons (Fsp3) is 0.267. The Morgan fingerprint density at radius 1 is 0.850 bits per heavy atom. The van der Waals surface area contributed by atoms with Gasteiger partial charge in [-0.15, -0.1) is 0 Å². The summed E-state index contributed by atoms with van der Waals surface area (Å²) in [7, 11) is 0. The summed E-state index contributed by atoms with van der Waals surface area (Å²) in [5.74, 6) is -0.195. The van der Waals surface area contributed by atoms with Crippen molar-refractivity contribution in [3.8, 4) is 0 Å². The molecule has 1 aromatic heterocycles. The molecule has 1 aliphatic heterocycles. The Morgan fingerprint density at radius 2 is 1.40 bits per heavy atom. The maximum Gasteiger partial charge on any atom is 0.129 e. The van der Waals surface area contributed by atoms with Crippen molar-refractivity contribution in [2.24, 2.45) is 0 Å². The Hall–Kier alpha value is -1.81. The van der Waals surface area contributed by atoms with Crippen molar-refractivity contribution >= 4 is 23.0 Å². The van der Waals surface area contributed by atoms with Crippen LogP contribution >= 0.6 is 11.6 Å². The van der Waals surface area contributed by atoms with Gasteiger partial charge in [0.2, 0.25) is 0 Å². The van der Waals surface area contributed by atoms with Crippen LogP contribution in [0.25, 0.3) is 0 Å². The molecule has 1 aromatic carbocycles. The Morgan fingerprint density at radius 3 is 1.95 bits per heavy atom. The number of pyridine rings is 1. The lowest BCUT2D eigenvalue weighted by molar-refractivity contribution is 0.624. The van der Waals surface area contributed by atoms with Gasteiger partial charge in [-0.3, -0.25) is 0 Å². The third-order valence-corrected chi connectivity index (χ3v) is 3.77. The van der Waals surface area contributed by atoms with E-state index in [0.29, 0.717) is 5.15 Å². The standard InChI is InChI=1S/C15H15ClFN3/c16-15-6-5-14(11-18-15)20-9-7-19(8-10-20)13-3-1-12(17)2-4-13/h1-6,11H,7-10H2. The Kier molecular flexibility index (Phi) is 3.74. The van der Waals surface area contributed by atoms with E-state index >= 15 is 0 Å². The van der Waals surface area contributed by atoms with Crippen LogP contribution in [0, 0.1) is 5.82 Å². The van der Waals surface area contributed by atoms with Crippen LogP contribution in [0.3, 0.4) is 0 Å². The van der Waals surface area contributed by atoms with Gasteiger partial charge in [0, 0.05) is 31.9 Å². The normalized spacial score (nSPS) is 15.5. The smallest absolute Gasteiger partial charge is 0.129 e. The first kappa shape index (κ1) is 13.2. The lowest BCUT2D eigenvalue weighted by atomic mass is 10.2. The highest BCUT2D eigenvalue weighted by Gasteiger charge is 2.17. The molecule has 104 valence electrons. The molecule has 0 bridgehead atoms. The number of piperazine rings is 1. The fourth-order valence-electron chi connectivity index (χ4n) is 2.43. The van der Waals surface area contributed by atoms with E-state index < -0.39 is 0 Å². The van der Waals surface area contributed by atoms with Crippen LogP contribution in [0.15, 0.2) is 42.6 Å². The summed E-state index contributed by atoms with van der Waals surface area (Å²) in [5.41, 5.74) is 2.16. The van der Waals surface area contributed by atoms with Crippen LogP contribution in [-0.4, -0.2) is 31.2 Å². The molecule has 0 aliphatic carbocycles. The molecule has 1 saturated heterocycles. The predicted molar refractivity (Wildman–Crippen MR) is 80.1 cm³/mol.